The number of aliphatic hydroxyl groups excluding tert-OH is 1. The van der Waals surface area contributed by atoms with E-state index in [0.29, 0.717) is 12.5 Å². The number of likely N-dealkylation sites (tertiary alicyclic amines) is 1. The molecule has 1 fully saturated rings. The Balaban J connectivity index is 1.49. The molecule has 0 radical (unpaired) electrons. The van der Waals surface area contributed by atoms with E-state index < -0.39 is 0 Å². The smallest absolute Gasteiger partial charge is 0.126 e. The van der Waals surface area contributed by atoms with Gasteiger partial charge in [-0.1, -0.05) is 24.3 Å². The van der Waals surface area contributed by atoms with E-state index in [1.165, 1.54) is 18.4 Å². The van der Waals surface area contributed by atoms with Crippen LogP contribution in [0.3, 0.4) is 0 Å². The van der Waals surface area contributed by atoms with Crippen molar-refractivity contribution >= 4 is 0 Å². The minimum atomic E-state index is -0.0941. The molecular weight excluding hydrogens is 379 g/mol. The Morgan fingerprint density at radius 3 is 2.80 bits per heavy atom. The SMILES string of the molecule is CCOc1ccc(CN(C)CC2CCCN(CCc3ccccc3F)C2)cc1CO. The molecule has 1 saturated heterocycles. The highest BCUT2D eigenvalue weighted by Crippen LogP contribution is 2.23. The summed E-state index contributed by atoms with van der Waals surface area (Å²) in [5.41, 5.74) is 2.85. The highest BCUT2D eigenvalue weighted by molar-refractivity contribution is 5.37. The van der Waals surface area contributed by atoms with Crippen LogP contribution in [-0.2, 0) is 19.6 Å². The predicted molar refractivity (Wildman–Crippen MR) is 119 cm³/mol. The van der Waals surface area contributed by atoms with Crippen LogP contribution in [-0.4, -0.2) is 54.7 Å². The van der Waals surface area contributed by atoms with Crippen molar-refractivity contribution in [3.8, 4) is 5.75 Å². The summed E-state index contributed by atoms with van der Waals surface area (Å²) < 4.78 is 19.5. The molecule has 2 aromatic carbocycles. The predicted octanol–water partition coefficient (Wildman–Crippen LogP) is 4.10. The number of aliphatic hydroxyl groups is 1. The zero-order valence-corrected chi connectivity index (χ0v) is 18.3. The van der Waals surface area contributed by atoms with Crippen LogP contribution in [0, 0.1) is 11.7 Å². The van der Waals surface area contributed by atoms with Crippen LogP contribution in [0.4, 0.5) is 4.39 Å². The summed E-state index contributed by atoms with van der Waals surface area (Å²) in [4.78, 5) is 4.84. The van der Waals surface area contributed by atoms with E-state index in [4.69, 9.17) is 4.74 Å². The minimum absolute atomic E-state index is 0.00746. The van der Waals surface area contributed by atoms with Crippen LogP contribution in [0.2, 0.25) is 0 Å². The molecular formula is C25H35FN2O2. The molecule has 1 heterocycles. The molecule has 0 aromatic heterocycles. The normalized spacial score (nSPS) is 17.4. The van der Waals surface area contributed by atoms with E-state index in [0.717, 1.165) is 56.0 Å². The molecule has 0 saturated carbocycles. The Bertz CT molecular complexity index is 798. The van der Waals surface area contributed by atoms with Crippen molar-refractivity contribution in [1.82, 2.24) is 9.80 Å². The standard InChI is InChI=1S/C25H35FN2O2/c1-3-30-25-11-10-20(15-23(25)19-29)16-27(2)17-21-7-6-13-28(18-21)14-12-22-8-4-5-9-24(22)26/h4-5,8-11,15,21,29H,3,6-7,12-14,16-19H2,1-2H3. The number of rotatable bonds is 10. The first kappa shape index (κ1) is 22.7. The lowest BCUT2D eigenvalue weighted by molar-refractivity contribution is 0.142. The van der Waals surface area contributed by atoms with Crippen molar-refractivity contribution in [3.63, 3.8) is 0 Å². The summed E-state index contributed by atoms with van der Waals surface area (Å²) in [5, 5.41) is 9.62. The number of ether oxygens (including phenoxy) is 1. The Kier molecular flexibility index (Phi) is 8.67. The third-order valence-electron chi connectivity index (χ3n) is 5.88. The maximum absolute atomic E-state index is 13.9. The topological polar surface area (TPSA) is 35.9 Å². The van der Waals surface area contributed by atoms with Gasteiger partial charge in [0.1, 0.15) is 11.6 Å². The first-order chi connectivity index (χ1) is 14.6. The Labute approximate surface area is 180 Å². The molecule has 1 atom stereocenters. The van der Waals surface area contributed by atoms with Crippen molar-refractivity contribution in [2.45, 2.75) is 39.3 Å². The lowest BCUT2D eigenvalue weighted by Crippen LogP contribution is -2.40. The molecule has 1 unspecified atom stereocenters. The molecule has 0 bridgehead atoms. The van der Waals surface area contributed by atoms with Crippen molar-refractivity contribution in [3.05, 3.63) is 65.0 Å². The molecule has 0 aliphatic carbocycles. The van der Waals surface area contributed by atoms with Gasteiger partial charge in [0.15, 0.2) is 0 Å². The number of halogens is 1. The average molecular weight is 415 g/mol. The molecule has 1 aliphatic heterocycles. The third-order valence-corrected chi connectivity index (χ3v) is 5.88. The van der Waals surface area contributed by atoms with E-state index in [1.807, 2.05) is 31.2 Å². The average Bonchev–Trinajstić information content (AvgIpc) is 2.74. The number of hydrogen-bond acceptors (Lipinski definition) is 4. The van der Waals surface area contributed by atoms with Gasteiger partial charge in [0.05, 0.1) is 13.2 Å². The number of piperidine rings is 1. The number of nitrogens with zero attached hydrogens (tertiary/aromatic N) is 2. The lowest BCUT2D eigenvalue weighted by atomic mass is 9.96. The monoisotopic (exact) mass is 414 g/mol. The Morgan fingerprint density at radius 1 is 1.20 bits per heavy atom. The summed E-state index contributed by atoms with van der Waals surface area (Å²) in [6.45, 7) is 7.53. The van der Waals surface area contributed by atoms with Gasteiger partial charge in [-0.2, -0.15) is 0 Å². The summed E-state index contributed by atoms with van der Waals surface area (Å²) >= 11 is 0. The first-order valence-corrected chi connectivity index (χ1v) is 11.1. The second-order valence-corrected chi connectivity index (χ2v) is 8.38. The lowest BCUT2D eigenvalue weighted by Gasteiger charge is -2.35. The quantitative estimate of drug-likeness (QED) is 0.635. The van der Waals surface area contributed by atoms with Crippen LogP contribution in [0.1, 0.15) is 36.5 Å². The third kappa shape index (κ3) is 6.53. The maximum Gasteiger partial charge on any atom is 0.126 e. The highest BCUT2D eigenvalue weighted by Gasteiger charge is 2.21. The van der Waals surface area contributed by atoms with Crippen LogP contribution >= 0.6 is 0 Å². The molecule has 2 aromatic rings. The molecule has 164 valence electrons. The van der Waals surface area contributed by atoms with E-state index in [1.54, 1.807) is 12.1 Å². The molecule has 3 rings (SSSR count). The number of benzene rings is 2. The van der Waals surface area contributed by atoms with Crippen molar-refractivity contribution in [2.24, 2.45) is 5.92 Å². The van der Waals surface area contributed by atoms with Gasteiger partial charge >= 0.3 is 0 Å². The second-order valence-electron chi connectivity index (χ2n) is 8.38. The van der Waals surface area contributed by atoms with Crippen LogP contribution < -0.4 is 4.74 Å². The second kappa shape index (κ2) is 11.4. The molecule has 5 heteroatoms. The van der Waals surface area contributed by atoms with Crippen LogP contribution in [0.25, 0.3) is 0 Å². The molecule has 30 heavy (non-hydrogen) atoms. The van der Waals surface area contributed by atoms with E-state index >= 15 is 0 Å². The fraction of sp³-hybridized carbons (Fsp3) is 0.520. The Hall–Kier alpha value is -1.95. The number of hydrogen-bond donors (Lipinski definition) is 1. The van der Waals surface area contributed by atoms with Gasteiger partial charge in [-0.3, -0.25) is 0 Å². The van der Waals surface area contributed by atoms with Crippen molar-refractivity contribution in [1.29, 1.82) is 0 Å². The highest BCUT2D eigenvalue weighted by atomic mass is 19.1. The van der Waals surface area contributed by atoms with Crippen molar-refractivity contribution in [2.75, 3.05) is 39.8 Å². The first-order valence-electron chi connectivity index (χ1n) is 11.1. The van der Waals surface area contributed by atoms with Gasteiger partial charge in [-0.05, 0) is 75.0 Å². The van der Waals surface area contributed by atoms with Gasteiger partial charge in [0.25, 0.3) is 0 Å². The minimum Gasteiger partial charge on any atom is -0.494 e. The van der Waals surface area contributed by atoms with Crippen molar-refractivity contribution < 1.29 is 14.2 Å². The van der Waals surface area contributed by atoms with E-state index in [9.17, 15) is 9.50 Å². The largest absolute Gasteiger partial charge is 0.494 e. The van der Waals surface area contributed by atoms with E-state index in [-0.39, 0.29) is 12.4 Å². The zero-order valence-electron chi connectivity index (χ0n) is 18.3. The summed E-state index contributed by atoms with van der Waals surface area (Å²) in [6.07, 6.45) is 3.21. The molecule has 1 aliphatic rings. The van der Waals surface area contributed by atoms with Gasteiger partial charge in [0.2, 0.25) is 0 Å². The summed E-state index contributed by atoms with van der Waals surface area (Å²) in [5.74, 6) is 1.30. The molecule has 0 amide bonds. The summed E-state index contributed by atoms with van der Waals surface area (Å²) in [6, 6.07) is 13.2. The fourth-order valence-corrected chi connectivity index (χ4v) is 4.45. The van der Waals surface area contributed by atoms with Crippen LogP contribution in [0.15, 0.2) is 42.5 Å². The zero-order chi connectivity index (χ0) is 21.3. The molecule has 0 spiro atoms. The fourth-order valence-electron chi connectivity index (χ4n) is 4.45. The van der Waals surface area contributed by atoms with Gasteiger partial charge in [-0.25, -0.2) is 4.39 Å². The Morgan fingerprint density at radius 2 is 2.03 bits per heavy atom. The molecule has 4 nitrogen and oxygen atoms in total. The maximum atomic E-state index is 13.9. The summed E-state index contributed by atoms with van der Waals surface area (Å²) in [7, 11) is 2.16. The van der Waals surface area contributed by atoms with Crippen LogP contribution in [0.5, 0.6) is 5.75 Å². The molecule has 1 N–H and O–H groups in total. The van der Waals surface area contributed by atoms with Gasteiger partial charge in [-0.15, -0.1) is 0 Å². The van der Waals surface area contributed by atoms with E-state index in [2.05, 4.69) is 22.9 Å². The van der Waals surface area contributed by atoms with Gasteiger partial charge in [0, 0.05) is 31.7 Å². The van der Waals surface area contributed by atoms with Gasteiger partial charge < -0.3 is 19.6 Å².